The smallest absolute Gasteiger partial charge is 0.335 e. The van der Waals surface area contributed by atoms with Crippen LogP contribution in [0.4, 0.5) is 0 Å². The van der Waals surface area contributed by atoms with Crippen LogP contribution in [0, 0.1) is 0 Å². The zero-order valence-corrected chi connectivity index (χ0v) is 13.2. The average Bonchev–Trinajstić information content (AvgIpc) is 2.47. The Balaban J connectivity index is 1.86. The Morgan fingerprint density at radius 3 is 2.67 bits per heavy atom. The summed E-state index contributed by atoms with van der Waals surface area (Å²) in [6.07, 6.45) is 0. The first kappa shape index (κ1) is 15.7. The van der Waals surface area contributed by atoms with Gasteiger partial charge in [0.25, 0.3) is 0 Å². The number of carboxylic acids is 1. The Hall–Kier alpha value is -1.72. The number of aromatic carboxylic acids is 1. The van der Waals surface area contributed by atoms with Crippen molar-refractivity contribution in [2.24, 2.45) is 0 Å². The molecule has 0 aliphatic carbocycles. The summed E-state index contributed by atoms with van der Waals surface area (Å²) in [5.74, 6) is 0.0605. The van der Waals surface area contributed by atoms with Gasteiger partial charge < -0.3 is 14.6 Å². The monoisotopic (exact) mass is 370 g/mol. The molecule has 1 N–H and O–H groups in total. The van der Waals surface area contributed by atoms with Crippen LogP contribution in [0.3, 0.4) is 0 Å². The summed E-state index contributed by atoms with van der Waals surface area (Å²) in [5, 5.41) is 9.41. The van der Waals surface area contributed by atoms with Crippen LogP contribution in [0.15, 0.2) is 46.9 Å². The third-order valence-corrected chi connectivity index (χ3v) is 3.39. The Morgan fingerprint density at radius 2 is 1.90 bits per heavy atom. The molecule has 0 aliphatic rings. The zero-order valence-electron chi connectivity index (χ0n) is 10.9. The number of hydrogen-bond acceptors (Lipinski definition) is 3. The van der Waals surface area contributed by atoms with E-state index in [1.54, 1.807) is 24.3 Å². The molecule has 2 aromatic carbocycles. The molecule has 21 heavy (non-hydrogen) atoms. The van der Waals surface area contributed by atoms with Crippen molar-refractivity contribution < 1.29 is 19.4 Å². The van der Waals surface area contributed by atoms with E-state index in [-0.39, 0.29) is 12.2 Å². The number of hydrogen-bond donors (Lipinski definition) is 1. The normalized spacial score (nSPS) is 10.2. The highest BCUT2D eigenvalue weighted by atomic mass is 79.9. The van der Waals surface area contributed by atoms with Gasteiger partial charge in [0, 0.05) is 4.47 Å². The summed E-state index contributed by atoms with van der Waals surface area (Å²) in [7, 11) is 0. The molecule has 0 unspecified atom stereocenters. The summed E-state index contributed by atoms with van der Waals surface area (Å²) in [4.78, 5) is 10.8. The maximum absolute atomic E-state index is 10.8. The molecule has 0 saturated heterocycles. The molecule has 0 heterocycles. The predicted molar refractivity (Wildman–Crippen MR) is 83.5 cm³/mol. The molecule has 0 fully saturated rings. The van der Waals surface area contributed by atoms with Crippen molar-refractivity contribution in [1.29, 1.82) is 0 Å². The standard InChI is InChI=1S/C15H12BrClO4/c16-11-4-5-13(17)14(9-11)21-7-6-20-12-3-1-2-10(8-12)15(18)19/h1-5,8-9H,6-7H2,(H,18,19). The van der Waals surface area contributed by atoms with Crippen LogP contribution in [0.1, 0.15) is 10.4 Å². The summed E-state index contributed by atoms with van der Waals surface area (Å²) in [6.45, 7) is 0.583. The minimum Gasteiger partial charge on any atom is -0.490 e. The van der Waals surface area contributed by atoms with Gasteiger partial charge in [-0.1, -0.05) is 33.6 Å². The molecule has 4 nitrogen and oxygen atoms in total. The van der Waals surface area contributed by atoms with E-state index >= 15 is 0 Å². The van der Waals surface area contributed by atoms with E-state index in [4.69, 9.17) is 26.2 Å². The number of halogens is 2. The molecule has 0 atom stereocenters. The summed E-state index contributed by atoms with van der Waals surface area (Å²) >= 11 is 9.33. The lowest BCUT2D eigenvalue weighted by Crippen LogP contribution is -2.09. The predicted octanol–water partition coefficient (Wildman–Crippen LogP) is 4.26. The largest absolute Gasteiger partial charge is 0.490 e. The Labute approximate surface area is 135 Å². The molecule has 110 valence electrons. The first-order valence-electron chi connectivity index (χ1n) is 6.10. The maximum atomic E-state index is 10.8. The fourth-order valence-electron chi connectivity index (χ4n) is 1.62. The minimum absolute atomic E-state index is 0.184. The van der Waals surface area contributed by atoms with Crippen LogP contribution < -0.4 is 9.47 Å². The van der Waals surface area contributed by atoms with Gasteiger partial charge in [-0.05, 0) is 36.4 Å². The van der Waals surface area contributed by atoms with E-state index in [1.807, 2.05) is 6.07 Å². The van der Waals surface area contributed by atoms with Crippen molar-refractivity contribution in [2.75, 3.05) is 13.2 Å². The van der Waals surface area contributed by atoms with E-state index in [0.717, 1.165) is 4.47 Å². The fraction of sp³-hybridized carbons (Fsp3) is 0.133. The molecule has 0 aromatic heterocycles. The van der Waals surface area contributed by atoms with Crippen molar-refractivity contribution in [1.82, 2.24) is 0 Å². The third kappa shape index (κ3) is 4.65. The van der Waals surface area contributed by atoms with Crippen molar-refractivity contribution in [3.05, 3.63) is 57.5 Å². The second-order valence-corrected chi connectivity index (χ2v) is 5.43. The van der Waals surface area contributed by atoms with Gasteiger partial charge in [-0.2, -0.15) is 0 Å². The number of benzene rings is 2. The van der Waals surface area contributed by atoms with Gasteiger partial charge in [0.1, 0.15) is 24.7 Å². The molecular weight excluding hydrogens is 360 g/mol. The molecule has 6 heteroatoms. The second kappa shape index (κ2) is 7.33. The van der Waals surface area contributed by atoms with Gasteiger partial charge in [-0.15, -0.1) is 0 Å². The first-order chi connectivity index (χ1) is 10.1. The molecule has 0 saturated carbocycles. The van der Waals surface area contributed by atoms with Gasteiger partial charge in [0.2, 0.25) is 0 Å². The minimum atomic E-state index is -0.988. The van der Waals surface area contributed by atoms with Crippen LogP contribution in [0.5, 0.6) is 11.5 Å². The van der Waals surface area contributed by atoms with Crippen LogP contribution in [0.25, 0.3) is 0 Å². The highest BCUT2D eigenvalue weighted by Crippen LogP contribution is 2.27. The van der Waals surface area contributed by atoms with Crippen LogP contribution in [-0.4, -0.2) is 24.3 Å². The van der Waals surface area contributed by atoms with Crippen molar-refractivity contribution in [3.63, 3.8) is 0 Å². The molecule has 0 amide bonds. The van der Waals surface area contributed by atoms with Gasteiger partial charge in [0.15, 0.2) is 0 Å². The Morgan fingerprint density at radius 1 is 1.14 bits per heavy atom. The SMILES string of the molecule is O=C(O)c1cccc(OCCOc2cc(Br)ccc2Cl)c1. The van der Waals surface area contributed by atoms with E-state index in [1.165, 1.54) is 12.1 Å². The topological polar surface area (TPSA) is 55.8 Å². The van der Waals surface area contributed by atoms with Gasteiger partial charge in [-0.3, -0.25) is 0 Å². The van der Waals surface area contributed by atoms with Crippen LogP contribution in [-0.2, 0) is 0 Å². The van der Waals surface area contributed by atoms with E-state index < -0.39 is 5.97 Å². The van der Waals surface area contributed by atoms with E-state index in [2.05, 4.69) is 15.9 Å². The van der Waals surface area contributed by atoms with E-state index in [0.29, 0.717) is 23.1 Å². The lowest BCUT2D eigenvalue weighted by Gasteiger charge is -2.10. The van der Waals surface area contributed by atoms with Crippen LogP contribution >= 0.6 is 27.5 Å². The number of ether oxygens (including phenoxy) is 2. The summed E-state index contributed by atoms with van der Waals surface area (Å²) in [6, 6.07) is 11.6. The second-order valence-electron chi connectivity index (χ2n) is 4.10. The number of carbonyl (C=O) groups is 1. The molecule has 0 spiro atoms. The fourth-order valence-corrected chi connectivity index (χ4v) is 2.13. The highest BCUT2D eigenvalue weighted by Gasteiger charge is 2.05. The van der Waals surface area contributed by atoms with Crippen molar-refractivity contribution >= 4 is 33.5 Å². The molecule has 0 aliphatic heterocycles. The van der Waals surface area contributed by atoms with Crippen molar-refractivity contribution in [3.8, 4) is 11.5 Å². The van der Waals surface area contributed by atoms with Gasteiger partial charge in [0.05, 0.1) is 10.6 Å². The third-order valence-electron chi connectivity index (χ3n) is 2.58. The molecule has 0 bridgehead atoms. The lowest BCUT2D eigenvalue weighted by molar-refractivity contribution is 0.0696. The van der Waals surface area contributed by atoms with Crippen molar-refractivity contribution in [2.45, 2.75) is 0 Å². The average molecular weight is 372 g/mol. The van der Waals surface area contributed by atoms with Gasteiger partial charge in [-0.25, -0.2) is 4.79 Å². The lowest BCUT2D eigenvalue weighted by atomic mass is 10.2. The number of carboxylic acid groups (broad SMARTS) is 1. The first-order valence-corrected chi connectivity index (χ1v) is 7.27. The molecule has 0 radical (unpaired) electrons. The molecular formula is C15H12BrClO4. The molecule has 2 rings (SSSR count). The Bertz CT molecular complexity index is 645. The van der Waals surface area contributed by atoms with Crippen LogP contribution in [0.2, 0.25) is 5.02 Å². The Kier molecular flexibility index (Phi) is 5.47. The zero-order chi connectivity index (χ0) is 15.2. The molecule has 2 aromatic rings. The maximum Gasteiger partial charge on any atom is 0.335 e. The highest BCUT2D eigenvalue weighted by molar-refractivity contribution is 9.10. The van der Waals surface area contributed by atoms with E-state index in [9.17, 15) is 4.79 Å². The summed E-state index contributed by atoms with van der Waals surface area (Å²) < 4.78 is 11.8. The summed E-state index contributed by atoms with van der Waals surface area (Å²) in [5.41, 5.74) is 0.184. The van der Waals surface area contributed by atoms with Gasteiger partial charge >= 0.3 is 5.97 Å². The number of rotatable bonds is 6. The quantitative estimate of drug-likeness (QED) is 0.771.